The molecule has 0 amide bonds. The molecule has 0 radical (unpaired) electrons. The largest absolute Gasteiger partial charge is 0.352 e. The van der Waals surface area contributed by atoms with E-state index >= 15 is 0 Å². The molecule has 2 atom stereocenters. The Morgan fingerprint density at radius 3 is 2.54 bits per heavy atom. The van der Waals surface area contributed by atoms with Crippen molar-refractivity contribution in [2.45, 2.75) is 38.5 Å². The van der Waals surface area contributed by atoms with Crippen molar-refractivity contribution >= 4 is 11.6 Å². The average molecular weight is 381 g/mol. The van der Waals surface area contributed by atoms with Crippen molar-refractivity contribution in [1.82, 2.24) is 15.5 Å². The Labute approximate surface area is 165 Å². The fraction of sp³-hybridized carbons (Fsp3) is 0.381. The summed E-state index contributed by atoms with van der Waals surface area (Å²) in [6, 6.07) is 17.9. The number of nitro benzene ring substituents is 1. The Kier molecular flexibility index (Phi) is 6.60. The molecule has 1 saturated heterocycles. The molecule has 0 aromatic heterocycles. The third-order valence-corrected chi connectivity index (χ3v) is 5.10. The van der Waals surface area contributed by atoms with Crippen LogP contribution in [0.25, 0.3) is 0 Å². The number of aliphatic imine (C=N–C) groups is 1. The second kappa shape index (κ2) is 9.32. The molecule has 148 valence electrons. The molecule has 2 aromatic carbocycles. The van der Waals surface area contributed by atoms with E-state index in [0.717, 1.165) is 31.0 Å². The van der Waals surface area contributed by atoms with Crippen LogP contribution in [0.2, 0.25) is 0 Å². The number of guanidine groups is 1. The lowest BCUT2D eigenvalue weighted by atomic mass is 10.2. The van der Waals surface area contributed by atoms with Crippen molar-refractivity contribution in [2.24, 2.45) is 4.99 Å². The predicted octanol–water partition coefficient (Wildman–Crippen LogP) is 2.92. The monoisotopic (exact) mass is 381 g/mol. The van der Waals surface area contributed by atoms with Crippen molar-refractivity contribution in [3.8, 4) is 0 Å². The molecule has 0 saturated carbocycles. The lowest BCUT2D eigenvalue weighted by Crippen LogP contribution is -2.44. The minimum atomic E-state index is -0.389. The quantitative estimate of drug-likeness (QED) is 0.348. The first kappa shape index (κ1) is 19.8. The SMILES string of the molecule is CN=C(NCc1ccc([N+](=O)[O-])cc1)NC1CC(C)N(Cc2ccccc2)C1. The summed E-state index contributed by atoms with van der Waals surface area (Å²) < 4.78 is 0. The number of benzene rings is 2. The number of hydrogen-bond donors (Lipinski definition) is 2. The van der Waals surface area contributed by atoms with E-state index in [0.29, 0.717) is 18.6 Å². The topological polar surface area (TPSA) is 82.8 Å². The van der Waals surface area contributed by atoms with Gasteiger partial charge in [-0.25, -0.2) is 0 Å². The summed E-state index contributed by atoms with van der Waals surface area (Å²) >= 11 is 0. The molecule has 2 unspecified atom stereocenters. The van der Waals surface area contributed by atoms with Gasteiger partial charge in [0.05, 0.1) is 4.92 Å². The van der Waals surface area contributed by atoms with Crippen molar-refractivity contribution in [3.63, 3.8) is 0 Å². The van der Waals surface area contributed by atoms with Gasteiger partial charge in [0.1, 0.15) is 0 Å². The maximum atomic E-state index is 10.7. The predicted molar refractivity (Wildman–Crippen MR) is 111 cm³/mol. The summed E-state index contributed by atoms with van der Waals surface area (Å²) in [7, 11) is 1.76. The molecule has 0 bridgehead atoms. The summed E-state index contributed by atoms with van der Waals surface area (Å²) in [6.45, 7) is 4.74. The number of non-ortho nitro benzene ring substituents is 1. The maximum absolute atomic E-state index is 10.7. The Balaban J connectivity index is 1.50. The maximum Gasteiger partial charge on any atom is 0.269 e. The standard InChI is InChI=1S/C21H27N5O2/c1-16-12-19(15-25(16)14-18-6-4-3-5-7-18)24-21(22-2)23-13-17-8-10-20(11-9-17)26(27)28/h3-11,16,19H,12-15H2,1-2H3,(H2,22,23,24). The van der Waals surface area contributed by atoms with Crippen LogP contribution in [0.3, 0.4) is 0 Å². The van der Waals surface area contributed by atoms with Crippen LogP contribution in [-0.4, -0.2) is 41.5 Å². The van der Waals surface area contributed by atoms with Gasteiger partial charge in [0.25, 0.3) is 5.69 Å². The summed E-state index contributed by atoms with van der Waals surface area (Å²) in [4.78, 5) is 17.2. The molecule has 1 aliphatic rings. The molecule has 1 aliphatic heterocycles. The van der Waals surface area contributed by atoms with Crippen LogP contribution >= 0.6 is 0 Å². The van der Waals surface area contributed by atoms with Crippen molar-refractivity contribution in [3.05, 3.63) is 75.8 Å². The molecule has 3 rings (SSSR count). The molecule has 1 fully saturated rings. The number of nitrogens with one attached hydrogen (secondary N) is 2. The Morgan fingerprint density at radius 1 is 1.18 bits per heavy atom. The van der Waals surface area contributed by atoms with Crippen molar-refractivity contribution in [2.75, 3.05) is 13.6 Å². The first-order valence-electron chi connectivity index (χ1n) is 9.53. The highest BCUT2D eigenvalue weighted by atomic mass is 16.6. The molecule has 2 aromatic rings. The van der Waals surface area contributed by atoms with Crippen LogP contribution in [0.4, 0.5) is 5.69 Å². The smallest absolute Gasteiger partial charge is 0.269 e. The normalized spacial score (nSPS) is 20.1. The van der Waals surface area contributed by atoms with Crippen LogP contribution in [0.15, 0.2) is 59.6 Å². The lowest BCUT2D eigenvalue weighted by molar-refractivity contribution is -0.384. The summed E-state index contributed by atoms with van der Waals surface area (Å²) in [5.41, 5.74) is 2.40. The minimum absolute atomic E-state index is 0.102. The van der Waals surface area contributed by atoms with Crippen molar-refractivity contribution in [1.29, 1.82) is 0 Å². The van der Waals surface area contributed by atoms with E-state index in [1.807, 2.05) is 6.07 Å². The van der Waals surface area contributed by atoms with Gasteiger partial charge in [-0.3, -0.25) is 20.0 Å². The fourth-order valence-electron chi connectivity index (χ4n) is 3.55. The van der Waals surface area contributed by atoms with E-state index in [1.54, 1.807) is 19.2 Å². The molecular formula is C21H27N5O2. The van der Waals surface area contributed by atoms with Gasteiger partial charge in [-0.15, -0.1) is 0 Å². The number of nitro groups is 1. The third kappa shape index (κ3) is 5.29. The van der Waals surface area contributed by atoms with E-state index in [2.05, 4.69) is 51.7 Å². The van der Waals surface area contributed by atoms with E-state index in [9.17, 15) is 10.1 Å². The molecule has 1 heterocycles. The summed E-state index contributed by atoms with van der Waals surface area (Å²) in [5, 5.41) is 17.5. The van der Waals surface area contributed by atoms with Crippen LogP contribution < -0.4 is 10.6 Å². The zero-order valence-electron chi connectivity index (χ0n) is 16.3. The van der Waals surface area contributed by atoms with Crippen LogP contribution in [0.1, 0.15) is 24.5 Å². The number of likely N-dealkylation sites (tertiary alicyclic amines) is 1. The second-order valence-electron chi connectivity index (χ2n) is 7.19. The Morgan fingerprint density at radius 2 is 1.89 bits per heavy atom. The van der Waals surface area contributed by atoms with E-state index in [1.165, 1.54) is 17.7 Å². The van der Waals surface area contributed by atoms with Gasteiger partial charge in [0.15, 0.2) is 5.96 Å². The third-order valence-electron chi connectivity index (χ3n) is 5.10. The van der Waals surface area contributed by atoms with Gasteiger partial charge in [-0.1, -0.05) is 42.5 Å². The second-order valence-corrected chi connectivity index (χ2v) is 7.19. The number of hydrogen-bond acceptors (Lipinski definition) is 4. The molecular weight excluding hydrogens is 354 g/mol. The van der Waals surface area contributed by atoms with E-state index in [4.69, 9.17) is 0 Å². The van der Waals surface area contributed by atoms with Gasteiger partial charge in [-0.05, 0) is 24.5 Å². The van der Waals surface area contributed by atoms with Crippen LogP contribution in [-0.2, 0) is 13.1 Å². The molecule has 0 spiro atoms. The zero-order valence-corrected chi connectivity index (χ0v) is 16.3. The lowest BCUT2D eigenvalue weighted by Gasteiger charge is -2.21. The fourth-order valence-corrected chi connectivity index (χ4v) is 3.55. The first-order valence-corrected chi connectivity index (χ1v) is 9.53. The Hall–Kier alpha value is -2.93. The Bertz CT molecular complexity index is 807. The van der Waals surface area contributed by atoms with Crippen LogP contribution in [0.5, 0.6) is 0 Å². The molecule has 7 heteroatoms. The van der Waals surface area contributed by atoms with Gasteiger partial charge in [-0.2, -0.15) is 0 Å². The van der Waals surface area contributed by atoms with Gasteiger partial charge < -0.3 is 10.6 Å². The minimum Gasteiger partial charge on any atom is -0.352 e. The van der Waals surface area contributed by atoms with Crippen molar-refractivity contribution < 1.29 is 4.92 Å². The summed E-state index contributed by atoms with van der Waals surface area (Å²) in [6.07, 6.45) is 1.06. The molecule has 2 N–H and O–H groups in total. The number of nitrogens with zero attached hydrogens (tertiary/aromatic N) is 3. The van der Waals surface area contributed by atoms with E-state index < -0.39 is 0 Å². The molecule has 7 nitrogen and oxygen atoms in total. The van der Waals surface area contributed by atoms with Gasteiger partial charge in [0, 0.05) is 50.9 Å². The highest BCUT2D eigenvalue weighted by Gasteiger charge is 2.29. The summed E-state index contributed by atoms with van der Waals surface area (Å²) in [5.74, 6) is 0.747. The van der Waals surface area contributed by atoms with E-state index in [-0.39, 0.29) is 10.6 Å². The highest BCUT2D eigenvalue weighted by Crippen LogP contribution is 2.20. The molecule has 0 aliphatic carbocycles. The van der Waals surface area contributed by atoms with Gasteiger partial charge >= 0.3 is 0 Å². The highest BCUT2D eigenvalue weighted by molar-refractivity contribution is 5.80. The number of rotatable bonds is 6. The zero-order chi connectivity index (χ0) is 19.9. The molecule has 28 heavy (non-hydrogen) atoms. The van der Waals surface area contributed by atoms with Gasteiger partial charge in [0.2, 0.25) is 0 Å². The van der Waals surface area contributed by atoms with Crippen LogP contribution in [0, 0.1) is 10.1 Å². The first-order chi connectivity index (χ1) is 13.5. The average Bonchev–Trinajstić information content (AvgIpc) is 3.05.